The first-order valence-corrected chi connectivity index (χ1v) is 4.37. The maximum atomic E-state index is 12.2. The van der Waals surface area contributed by atoms with Gasteiger partial charge in [-0.2, -0.15) is 0 Å². The van der Waals surface area contributed by atoms with Crippen molar-refractivity contribution < 1.29 is 12.9 Å². The van der Waals surface area contributed by atoms with E-state index in [0.29, 0.717) is 5.92 Å². The molecule has 0 N–H and O–H groups in total. The zero-order valence-electron chi connectivity index (χ0n) is 7.01. The summed E-state index contributed by atoms with van der Waals surface area (Å²) < 4.78 is 36.6. The van der Waals surface area contributed by atoms with Gasteiger partial charge in [-0.1, -0.05) is 24.3 Å². The number of rotatable bonds is 2. The predicted molar refractivity (Wildman–Crippen MR) is 47.1 cm³/mol. The Morgan fingerprint density at radius 2 is 1.54 bits per heavy atom. The molecule has 0 bridgehead atoms. The summed E-state index contributed by atoms with van der Waals surface area (Å²) in [5.74, 6) is 0.523. The lowest BCUT2D eigenvalue weighted by Crippen LogP contribution is -2.33. The average Bonchev–Trinajstić information content (AvgIpc) is 2.85. The van der Waals surface area contributed by atoms with Crippen molar-refractivity contribution in [3.05, 3.63) is 29.8 Å². The zero-order chi connectivity index (χ0) is 9.47. The molecule has 1 saturated carbocycles. The molecule has 0 radical (unpaired) electrons. The molecule has 4 heteroatoms. The monoisotopic (exact) mass is 185 g/mol. The molecule has 1 aliphatic carbocycles. The van der Waals surface area contributed by atoms with Crippen molar-refractivity contribution in [1.82, 2.24) is 0 Å². The second-order valence-electron chi connectivity index (χ2n) is 3.52. The van der Waals surface area contributed by atoms with Crippen molar-refractivity contribution in [3.63, 3.8) is 0 Å². The van der Waals surface area contributed by atoms with Gasteiger partial charge in [0.25, 0.3) is 0 Å². The lowest BCUT2D eigenvalue weighted by atomic mass is 9.80. The smallest absolute Gasteiger partial charge is 0.445 e. The molecule has 1 aliphatic rings. The Kier molecular flexibility index (Phi) is 1.86. The molecule has 1 fully saturated rings. The van der Waals surface area contributed by atoms with Crippen LogP contribution in [-0.4, -0.2) is 6.98 Å². The molecule has 1 aromatic carbocycles. The Bertz CT molecular complexity index is 298. The van der Waals surface area contributed by atoms with Crippen LogP contribution in [0, 0.1) is 0 Å². The Morgan fingerprint density at radius 1 is 1.00 bits per heavy atom. The minimum absolute atomic E-state index is 0.496. The fourth-order valence-electron chi connectivity index (χ4n) is 1.40. The van der Waals surface area contributed by atoms with Crippen LogP contribution in [0.5, 0.6) is 0 Å². The van der Waals surface area contributed by atoms with Gasteiger partial charge in [-0.3, -0.25) is 0 Å². The summed E-state index contributed by atoms with van der Waals surface area (Å²) in [5, 5.41) is 0. The molecule has 2 rings (SSSR count). The van der Waals surface area contributed by atoms with E-state index < -0.39 is 12.4 Å². The van der Waals surface area contributed by atoms with Gasteiger partial charge in [0.1, 0.15) is 0 Å². The largest absolute Gasteiger partial charge is 0.509 e. The molecule has 70 valence electrons. The van der Waals surface area contributed by atoms with Crippen LogP contribution in [-0.2, 0) is 0 Å². The Hall–Kier alpha value is -0.925. The first kappa shape index (κ1) is 8.66. The van der Waals surface area contributed by atoms with E-state index in [9.17, 15) is 12.9 Å². The van der Waals surface area contributed by atoms with Crippen LogP contribution in [0.2, 0.25) is 0 Å². The molecule has 0 unspecified atom stereocenters. The molecular formula is C9H9BF3-. The molecule has 13 heavy (non-hydrogen) atoms. The fourth-order valence-corrected chi connectivity index (χ4v) is 1.40. The molecule has 0 atom stereocenters. The van der Waals surface area contributed by atoms with Crippen LogP contribution >= 0.6 is 0 Å². The van der Waals surface area contributed by atoms with Crippen molar-refractivity contribution >= 4 is 12.4 Å². The molecule has 0 amide bonds. The van der Waals surface area contributed by atoms with Crippen molar-refractivity contribution in [2.75, 3.05) is 0 Å². The molecule has 0 heterocycles. The summed E-state index contributed by atoms with van der Waals surface area (Å²) in [4.78, 5) is 0. The Morgan fingerprint density at radius 3 is 1.92 bits per heavy atom. The van der Waals surface area contributed by atoms with Crippen molar-refractivity contribution in [2.45, 2.75) is 18.8 Å². The maximum Gasteiger partial charge on any atom is 0.509 e. The molecule has 0 nitrogen and oxygen atoms in total. The van der Waals surface area contributed by atoms with E-state index >= 15 is 0 Å². The van der Waals surface area contributed by atoms with Crippen molar-refractivity contribution in [1.29, 1.82) is 0 Å². The van der Waals surface area contributed by atoms with Crippen LogP contribution in [0.1, 0.15) is 24.3 Å². The third-order valence-electron chi connectivity index (χ3n) is 2.36. The van der Waals surface area contributed by atoms with E-state index in [0.717, 1.165) is 18.4 Å². The third kappa shape index (κ3) is 1.87. The normalized spacial score (nSPS) is 17.5. The number of hydrogen-bond donors (Lipinski definition) is 0. The van der Waals surface area contributed by atoms with Gasteiger partial charge < -0.3 is 12.9 Å². The molecule has 0 aromatic heterocycles. The number of halogens is 3. The van der Waals surface area contributed by atoms with Crippen LogP contribution in [0.25, 0.3) is 0 Å². The highest BCUT2D eigenvalue weighted by atomic mass is 19.4. The van der Waals surface area contributed by atoms with E-state index in [1.807, 2.05) is 0 Å². The topological polar surface area (TPSA) is 0 Å². The lowest BCUT2D eigenvalue weighted by molar-refractivity contribution is 0.501. The van der Waals surface area contributed by atoms with Gasteiger partial charge in [-0.15, -0.1) is 5.46 Å². The molecule has 0 aliphatic heterocycles. The average molecular weight is 185 g/mol. The Balaban J connectivity index is 2.22. The standard InChI is InChI=1S/C9H9BF3/c11-10(12,13)9-5-3-8(4-6-9)7-1-2-7/h3-7H,1-2H2/q-1. The summed E-state index contributed by atoms with van der Waals surface area (Å²) in [7, 11) is 0. The highest BCUT2D eigenvalue weighted by Crippen LogP contribution is 2.39. The van der Waals surface area contributed by atoms with E-state index in [-0.39, 0.29) is 0 Å². The fraction of sp³-hybridized carbons (Fsp3) is 0.333. The Labute approximate surface area is 74.8 Å². The molecular weight excluding hydrogens is 176 g/mol. The summed E-state index contributed by atoms with van der Waals surface area (Å²) in [6.07, 6.45) is 2.24. The van der Waals surface area contributed by atoms with E-state index in [2.05, 4.69) is 0 Å². The third-order valence-corrected chi connectivity index (χ3v) is 2.36. The highest BCUT2D eigenvalue weighted by Gasteiger charge is 2.27. The summed E-state index contributed by atoms with van der Waals surface area (Å²) in [6.45, 7) is -4.82. The summed E-state index contributed by atoms with van der Waals surface area (Å²) in [6, 6.07) is 5.58. The SMILES string of the molecule is F[B-](F)(F)c1ccc(C2CC2)cc1. The lowest BCUT2D eigenvalue weighted by Gasteiger charge is -2.14. The van der Waals surface area contributed by atoms with Gasteiger partial charge in [0.2, 0.25) is 0 Å². The second kappa shape index (κ2) is 2.79. The predicted octanol–water partition coefficient (Wildman–Crippen LogP) is 2.62. The van der Waals surface area contributed by atoms with Crippen LogP contribution in [0.3, 0.4) is 0 Å². The van der Waals surface area contributed by atoms with E-state index in [1.54, 1.807) is 12.1 Å². The van der Waals surface area contributed by atoms with Gasteiger partial charge in [-0.25, -0.2) is 0 Å². The summed E-state index contributed by atoms with van der Waals surface area (Å²) >= 11 is 0. The highest BCUT2D eigenvalue weighted by molar-refractivity contribution is 6.73. The van der Waals surface area contributed by atoms with Crippen molar-refractivity contribution in [3.8, 4) is 0 Å². The quantitative estimate of drug-likeness (QED) is 0.621. The minimum Gasteiger partial charge on any atom is -0.445 e. The molecule has 0 spiro atoms. The zero-order valence-corrected chi connectivity index (χ0v) is 7.01. The first-order valence-electron chi connectivity index (χ1n) is 4.37. The van der Waals surface area contributed by atoms with Gasteiger partial charge in [-0.05, 0) is 24.3 Å². The van der Waals surface area contributed by atoms with E-state index in [4.69, 9.17) is 0 Å². The van der Waals surface area contributed by atoms with E-state index in [1.165, 1.54) is 12.1 Å². The van der Waals surface area contributed by atoms with Crippen LogP contribution < -0.4 is 5.46 Å². The minimum atomic E-state index is -4.82. The first-order chi connectivity index (χ1) is 6.07. The number of benzene rings is 1. The van der Waals surface area contributed by atoms with Gasteiger partial charge in [0, 0.05) is 0 Å². The summed E-state index contributed by atoms with van der Waals surface area (Å²) in [5.41, 5.74) is 0.549. The molecule has 0 saturated heterocycles. The number of hydrogen-bond acceptors (Lipinski definition) is 0. The maximum absolute atomic E-state index is 12.2. The molecule has 1 aromatic rings. The van der Waals surface area contributed by atoms with Crippen LogP contribution in [0.4, 0.5) is 12.9 Å². The van der Waals surface area contributed by atoms with Gasteiger partial charge >= 0.3 is 6.98 Å². The van der Waals surface area contributed by atoms with Gasteiger partial charge in [0.05, 0.1) is 0 Å². The van der Waals surface area contributed by atoms with Crippen LogP contribution in [0.15, 0.2) is 24.3 Å². The van der Waals surface area contributed by atoms with Gasteiger partial charge in [0.15, 0.2) is 0 Å². The second-order valence-corrected chi connectivity index (χ2v) is 3.52. The van der Waals surface area contributed by atoms with Crippen molar-refractivity contribution in [2.24, 2.45) is 0 Å².